The Morgan fingerprint density at radius 2 is 2.20 bits per heavy atom. The van der Waals surface area contributed by atoms with Crippen LogP contribution >= 0.6 is 0 Å². The van der Waals surface area contributed by atoms with Crippen LogP contribution in [0.2, 0.25) is 0 Å². The Bertz CT molecular complexity index is 496. The van der Waals surface area contributed by atoms with Crippen molar-refractivity contribution in [3.05, 3.63) is 36.1 Å². The number of nitriles is 1. The SMILES string of the molecule is CN(C#N)CCc1coc2ccccc12. The molecule has 0 aliphatic rings. The summed E-state index contributed by atoms with van der Waals surface area (Å²) in [5, 5.41) is 9.77. The normalized spacial score (nSPS) is 10.1. The molecule has 15 heavy (non-hydrogen) atoms. The molecule has 1 aromatic heterocycles. The van der Waals surface area contributed by atoms with E-state index in [4.69, 9.17) is 9.68 Å². The van der Waals surface area contributed by atoms with Gasteiger partial charge in [0.1, 0.15) is 5.58 Å². The number of para-hydroxylation sites is 1. The summed E-state index contributed by atoms with van der Waals surface area (Å²) in [6.45, 7) is 0.722. The Kier molecular flexibility index (Phi) is 2.59. The molecule has 0 saturated heterocycles. The van der Waals surface area contributed by atoms with E-state index < -0.39 is 0 Å². The molecular formula is C12H12N2O. The van der Waals surface area contributed by atoms with E-state index in [0.29, 0.717) is 0 Å². The van der Waals surface area contributed by atoms with Gasteiger partial charge in [-0.05, 0) is 18.1 Å². The molecule has 0 aliphatic carbocycles. The van der Waals surface area contributed by atoms with E-state index in [0.717, 1.165) is 29.5 Å². The largest absolute Gasteiger partial charge is 0.464 e. The van der Waals surface area contributed by atoms with Gasteiger partial charge >= 0.3 is 0 Å². The fourth-order valence-corrected chi connectivity index (χ4v) is 1.56. The first-order valence-corrected chi connectivity index (χ1v) is 4.87. The highest BCUT2D eigenvalue weighted by atomic mass is 16.3. The van der Waals surface area contributed by atoms with Gasteiger partial charge in [-0.2, -0.15) is 5.26 Å². The highest BCUT2D eigenvalue weighted by Crippen LogP contribution is 2.20. The lowest BCUT2D eigenvalue weighted by molar-refractivity contribution is 0.477. The third-order valence-corrected chi connectivity index (χ3v) is 2.45. The molecule has 1 heterocycles. The van der Waals surface area contributed by atoms with Crippen LogP contribution in [-0.2, 0) is 6.42 Å². The van der Waals surface area contributed by atoms with Gasteiger partial charge in [0, 0.05) is 19.0 Å². The van der Waals surface area contributed by atoms with E-state index in [-0.39, 0.29) is 0 Å². The fourth-order valence-electron chi connectivity index (χ4n) is 1.56. The smallest absolute Gasteiger partial charge is 0.179 e. The average Bonchev–Trinajstić information content (AvgIpc) is 2.69. The first-order valence-electron chi connectivity index (χ1n) is 4.87. The quantitative estimate of drug-likeness (QED) is 0.564. The Morgan fingerprint density at radius 1 is 1.40 bits per heavy atom. The maximum atomic E-state index is 8.63. The molecular weight excluding hydrogens is 188 g/mol. The Hall–Kier alpha value is -1.95. The maximum Gasteiger partial charge on any atom is 0.179 e. The number of nitrogens with zero attached hydrogens (tertiary/aromatic N) is 2. The van der Waals surface area contributed by atoms with E-state index >= 15 is 0 Å². The second-order valence-electron chi connectivity index (χ2n) is 3.53. The van der Waals surface area contributed by atoms with Crippen LogP contribution in [-0.4, -0.2) is 18.5 Å². The van der Waals surface area contributed by atoms with Crippen molar-refractivity contribution in [3.63, 3.8) is 0 Å². The minimum absolute atomic E-state index is 0.722. The molecule has 0 fully saturated rings. The lowest BCUT2D eigenvalue weighted by Crippen LogP contribution is -2.14. The zero-order chi connectivity index (χ0) is 10.7. The Balaban J connectivity index is 2.19. The van der Waals surface area contributed by atoms with Crippen molar-refractivity contribution < 1.29 is 4.42 Å². The first-order chi connectivity index (χ1) is 7.31. The summed E-state index contributed by atoms with van der Waals surface area (Å²) >= 11 is 0. The van der Waals surface area contributed by atoms with Crippen LogP contribution < -0.4 is 0 Å². The van der Waals surface area contributed by atoms with Gasteiger partial charge in [0.05, 0.1) is 6.26 Å². The number of likely N-dealkylation sites (N-methyl/N-ethyl adjacent to an activating group) is 1. The highest BCUT2D eigenvalue weighted by molar-refractivity contribution is 5.80. The van der Waals surface area contributed by atoms with Crippen LogP contribution in [0.3, 0.4) is 0 Å². The summed E-state index contributed by atoms with van der Waals surface area (Å²) in [6, 6.07) is 7.94. The third kappa shape index (κ3) is 1.94. The fraction of sp³-hybridized carbons (Fsp3) is 0.250. The van der Waals surface area contributed by atoms with Crippen molar-refractivity contribution in [2.75, 3.05) is 13.6 Å². The van der Waals surface area contributed by atoms with Crippen LogP contribution in [0.4, 0.5) is 0 Å². The topological polar surface area (TPSA) is 40.2 Å². The molecule has 1 aromatic carbocycles. The van der Waals surface area contributed by atoms with Crippen molar-refractivity contribution in [1.29, 1.82) is 5.26 Å². The zero-order valence-electron chi connectivity index (χ0n) is 8.60. The van der Waals surface area contributed by atoms with Gasteiger partial charge in [-0.25, -0.2) is 0 Å². The molecule has 0 N–H and O–H groups in total. The van der Waals surface area contributed by atoms with Crippen molar-refractivity contribution in [3.8, 4) is 6.19 Å². The van der Waals surface area contributed by atoms with Gasteiger partial charge in [0.2, 0.25) is 0 Å². The molecule has 2 aromatic rings. The molecule has 0 bridgehead atoms. The van der Waals surface area contributed by atoms with E-state index in [1.165, 1.54) is 0 Å². The predicted molar refractivity (Wildman–Crippen MR) is 58.2 cm³/mol. The first kappa shape index (κ1) is 9.60. The molecule has 0 atom stereocenters. The van der Waals surface area contributed by atoms with Crippen LogP contribution in [0, 0.1) is 11.5 Å². The third-order valence-electron chi connectivity index (χ3n) is 2.45. The number of benzene rings is 1. The van der Waals surface area contributed by atoms with Crippen LogP contribution in [0.1, 0.15) is 5.56 Å². The molecule has 0 radical (unpaired) electrons. The monoisotopic (exact) mass is 200 g/mol. The molecule has 0 aliphatic heterocycles. The Morgan fingerprint density at radius 3 is 3.00 bits per heavy atom. The molecule has 3 heteroatoms. The van der Waals surface area contributed by atoms with Gasteiger partial charge in [-0.3, -0.25) is 0 Å². The second-order valence-corrected chi connectivity index (χ2v) is 3.53. The van der Waals surface area contributed by atoms with Gasteiger partial charge < -0.3 is 9.32 Å². The summed E-state index contributed by atoms with van der Waals surface area (Å²) < 4.78 is 5.41. The number of fused-ring (bicyclic) bond motifs is 1. The summed E-state index contributed by atoms with van der Waals surface area (Å²) in [5.41, 5.74) is 2.07. The van der Waals surface area contributed by atoms with Crippen LogP contribution in [0.15, 0.2) is 34.9 Å². The average molecular weight is 200 g/mol. The van der Waals surface area contributed by atoms with E-state index in [1.54, 1.807) is 18.2 Å². The van der Waals surface area contributed by atoms with Crippen molar-refractivity contribution in [2.45, 2.75) is 6.42 Å². The summed E-state index contributed by atoms with van der Waals surface area (Å²) in [4.78, 5) is 1.61. The minimum atomic E-state index is 0.722. The molecule has 0 saturated carbocycles. The highest BCUT2D eigenvalue weighted by Gasteiger charge is 2.05. The van der Waals surface area contributed by atoms with Crippen molar-refractivity contribution >= 4 is 11.0 Å². The van der Waals surface area contributed by atoms with Gasteiger partial charge in [-0.1, -0.05) is 18.2 Å². The number of furan rings is 1. The molecule has 0 amide bonds. The van der Waals surface area contributed by atoms with Crippen molar-refractivity contribution in [2.24, 2.45) is 0 Å². The number of hydrogen-bond donors (Lipinski definition) is 0. The summed E-state index contributed by atoms with van der Waals surface area (Å²) in [7, 11) is 1.78. The summed E-state index contributed by atoms with van der Waals surface area (Å²) in [6.07, 6.45) is 4.69. The second kappa shape index (κ2) is 4.05. The molecule has 0 unspecified atom stereocenters. The van der Waals surface area contributed by atoms with E-state index in [9.17, 15) is 0 Å². The standard InChI is InChI=1S/C12H12N2O/c1-14(9-13)7-6-10-8-15-12-5-3-2-4-11(10)12/h2-5,8H,6-7H2,1H3. The molecule has 2 rings (SSSR count). The Labute approximate surface area is 88.5 Å². The predicted octanol–water partition coefficient (Wildman–Crippen LogP) is 2.39. The minimum Gasteiger partial charge on any atom is -0.464 e. The van der Waals surface area contributed by atoms with Gasteiger partial charge in [-0.15, -0.1) is 0 Å². The van der Waals surface area contributed by atoms with E-state index in [2.05, 4.69) is 6.19 Å². The lowest BCUT2D eigenvalue weighted by Gasteiger charge is -2.06. The van der Waals surface area contributed by atoms with E-state index in [1.807, 2.05) is 24.3 Å². The maximum absolute atomic E-state index is 8.63. The van der Waals surface area contributed by atoms with Crippen LogP contribution in [0.5, 0.6) is 0 Å². The molecule has 0 spiro atoms. The summed E-state index contributed by atoms with van der Waals surface area (Å²) in [5.74, 6) is 0. The number of hydrogen-bond acceptors (Lipinski definition) is 3. The van der Waals surface area contributed by atoms with Gasteiger partial charge in [0.25, 0.3) is 0 Å². The lowest BCUT2D eigenvalue weighted by atomic mass is 10.1. The van der Waals surface area contributed by atoms with Gasteiger partial charge in [0.15, 0.2) is 6.19 Å². The number of rotatable bonds is 3. The zero-order valence-corrected chi connectivity index (χ0v) is 8.60. The molecule has 76 valence electrons. The molecule has 3 nitrogen and oxygen atoms in total. The van der Waals surface area contributed by atoms with Crippen molar-refractivity contribution in [1.82, 2.24) is 4.90 Å². The van der Waals surface area contributed by atoms with Crippen LogP contribution in [0.25, 0.3) is 11.0 Å².